The number of carbonyl (C=O) groups is 2. The zero-order valence-electron chi connectivity index (χ0n) is 16.2. The fourth-order valence-corrected chi connectivity index (χ4v) is 3.29. The quantitative estimate of drug-likeness (QED) is 0.232. The molecule has 0 aliphatic rings. The minimum atomic E-state index is -6.41. The average molecular weight is 490 g/mol. The van der Waals surface area contributed by atoms with Crippen LogP contribution >= 0.6 is 0 Å². The van der Waals surface area contributed by atoms with E-state index >= 15 is 0 Å². The Morgan fingerprint density at radius 1 is 0.938 bits per heavy atom. The summed E-state index contributed by atoms with van der Waals surface area (Å²) in [5.74, 6) is -5.91. The van der Waals surface area contributed by atoms with Crippen LogP contribution in [0, 0.1) is 0 Å². The van der Waals surface area contributed by atoms with E-state index in [2.05, 4.69) is 4.74 Å². The zero-order valence-corrected chi connectivity index (χ0v) is 17.0. The Hall–Kier alpha value is -2.29. The highest BCUT2D eigenvalue weighted by atomic mass is 32.2. The number of benzene rings is 1. The summed E-state index contributed by atoms with van der Waals surface area (Å²) in [6, 6.07) is 6.60. The minimum Gasteiger partial charge on any atom is -0.465 e. The molecule has 7 nitrogen and oxygen atoms in total. The van der Waals surface area contributed by atoms with Crippen molar-refractivity contribution in [3.05, 3.63) is 29.8 Å². The lowest BCUT2D eigenvalue weighted by atomic mass is 9.95. The van der Waals surface area contributed by atoms with Crippen molar-refractivity contribution in [1.82, 2.24) is 0 Å². The SMILES string of the molecule is [B]c1ccc(CCOC(=O)CCCC(=O)OC(CS(=O)(=O)O)(C(F)(F)F)C(F)(F)F)cc1. The second-order valence-electron chi connectivity index (χ2n) is 6.59. The fourth-order valence-electron chi connectivity index (χ4n) is 2.39. The maximum atomic E-state index is 13.1. The van der Waals surface area contributed by atoms with Gasteiger partial charge in [0.15, 0.2) is 0 Å². The predicted octanol–water partition coefficient (Wildman–Crippen LogP) is 2.03. The van der Waals surface area contributed by atoms with Crippen LogP contribution in [0.3, 0.4) is 0 Å². The molecule has 0 aromatic heterocycles. The Morgan fingerprint density at radius 2 is 1.44 bits per heavy atom. The third kappa shape index (κ3) is 8.33. The number of ether oxygens (including phenoxy) is 2. The van der Waals surface area contributed by atoms with Crippen molar-refractivity contribution in [1.29, 1.82) is 0 Å². The van der Waals surface area contributed by atoms with Crippen LogP contribution in [0.1, 0.15) is 24.8 Å². The molecule has 1 rings (SSSR count). The molecule has 0 heterocycles. The number of esters is 2. The Bertz CT molecular complexity index is 883. The van der Waals surface area contributed by atoms with Crippen molar-refractivity contribution < 1.29 is 58.4 Å². The van der Waals surface area contributed by atoms with E-state index in [0.29, 0.717) is 11.9 Å². The van der Waals surface area contributed by atoms with Crippen LogP contribution in [0.25, 0.3) is 0 Å². The van der Waals surface area contributed by atoms with Crippen molar-refractivity contribution in [2.75, 3.05) is 12.4 Å². The first kappa shape index (κ1) is 27.7. The summed E-state index contributed by atoms with van der Waals surface area (Å²) in [5, 5.41) is 0. The highest BCUT2D eigenvalue weighted by Crippen LogP contribution is 2.47. The molecule has 1 aromatic rings. The molecule has 1 aromatic carbocycles. The van der Waals surface area contributed by atoms with Gasteiger partial charge in [0.05, 0.1) is 6.61 Å². The van der Waals surface area contributed by atoms with Crippen molar-refractivity contribution >= 4 is 35.4 Å². The first-order valence-corrected chi connectivity index (χ1v) is 10.4. The molecule has 0 spiro atoms. The van der Waals surface area contributed by atoms with Crippen LogP contribution in [-0.2, 0) is 35.6 Å². The van der Waals surface area contributed by atoms with Gasteiger partial charge in [-0.15, -0.1) is 0 Å². The molecule has 1 N–H and O–H groups in total. The summed E-state index contributed by atoms with van der Waals surface area (Å²) >= 11 is 0. The smallest absolute Gasteiger partial charge is 0.438 e. The standard InChI is InChI=1S/C17H17BF6O7S/c18-12-6-4-11(5-7-12)8-9-30-13(25)2-1-3-14(26)31-15(16(19,20)21,17(22,23)24)10-32(27,28)29/h4-7H,1-3,8-10H2,(H,27,28,29). The van der Waals surface area contributed by atoms with Crippen LogP contribution in [0.4, 0.5) is 26.3 Å². The Morgan fingerprint density at radius 3 is 1.91 bits per heavy atom. The number of hydrogen-bond donors (Lipinski definition) is 1. The third-order valence-electron chi connectivity index (χ3n) is 3.98. The van der Waals surface area contributed by atoms with E-state index in [9.17, 15) is 44.3 Å². The van der Waals surface area contributed by atoms with Crippen molar-refractivity contribution in [3.63, 3.8) is 0 Å². The van der Waals surface area contributed by atoms with Crippen molar-refractivity contribution in [3.8, 4) is 0 Å². The maximum Gasteiger partial charge on any atom is 0.438 e. The van der Waals surface area contributed by atoms with Gasteiger partial charge in [-0.1, -0.05) is 29.7 Å². The molecule has 0 aliphatic carbocycles. The lowest BCUT2D eigenvalue weighted by Gasteiger charge is -2.35. The number of halogens is 6. The molecule has 0 amide bonds. The van der Waals surface area contributed by atoms with E-state index in [1.54, 1.807) is 24.3 Å². The Kier molecular flexibility index (Phi) is 9.15. The Balaban J connectivity index is 2.63. The average Bonchev–Trinajstić information content (AvgIpc) is 2.59. The Labute approximate surface area is 180 Å². The molecule has 2 radical (unpaired) electrons. The first-order valence-electron chi connectivity index (χ1n) is 8.77. The van der Waals surface area contributed by atoms with Crippen LogP contribution in [0.15, 0.2) is 24.3 Å². The van der Waals surface area contributed by atoms with Crippen LogP contribution in [0.5, 0.6) is 0 Å². The first-order chi connectivity index (χ1) is 14.5. The van der Waals surface area contributed by atoms with Gasteiger partial charge in [-0.2, -0.15) is 34.8 Å². The molecule has 0 unspecified atom stereocenters. The van der Waals surface area contributed by atoms with E-state index in [-0.39, 0.29) is 6.61 Å². The zero-order chi connectivity index (χ0) is 24.8. The van der Waals surface area contributed by atoms with Gasteiger partial charge in [-0.25, -0.2) is 0 Å². The molecule has 0 atom stereocenters. The normalized spacial score (nSPS) is 13.0. The van der Waals surface area contributed by atoms with Gasteiger partial charge in [0, 0.05) is 19.3 Å². The fraction of sp³-hybridized carbons (Fsp3) is 0.529. The summed E-state index contributed by atoms with van der Waals surface area (Å²) in [6.45, 7) is -0.0766. The lowest BCUT2D eigenvalue weighted by Crippen LogP contribution is -2.63. The molecular weight excluding hydrogens is 473 g/mol. The number of carbonyl (C=O) groups excluding carboxylic acids is 2. The van der Waals surface area contributed by atoms with Crippen LogP contribution in [0.2, 0.25) is 0 Å². The van der Waals surface area contributed by atoms with E-state index in [4.69, 9.17) is 17.1 Å². The van der Waals surface area contributed by atoms with E-state index in [0.717, 1.165) is 5.56 Å². The predicted molar refractivity (Wildman–Crippen MR) is 97.7 cm³/mol. The number of hydrogen-bond acceptors (Lipinski definition) is 6. The highest BCUT2D eigenvalue weighted by Gasteiger charge is 2.75. The molecule has 0 aliphatic heterocycles. The summed E-state index contributed by atoms with van der Waals surface area (Å²) < 4.78 is 117. The second-order valence-corrected chi connectivity index (χ2v) is 8.04. The van der Waals surface area contributed by atoms with Gasteiger partial charge in [-0.3, -0.25) is 14.1 Å². The summed E-state index contributed by atoms with van der Waals surface area (Å²) in [6.07, 6.45) is -14.6. The molecular formula is C17H17BF6O7S. The molecule has 0 saturated carbocycles. The van der Waals surface area contributed by atoms with Crippen molar-refractivity contribution in [2.24, 2.45) is 0 Å². The molecule has 32 heavy (non-hydrogen) atoms. The van der Waals surface area contributed by atoms with E-state index < -0.39 is 65.0 Å². The van der Waals surface area contributed by atoms with E-state index in [1.807, 2.05) is 0 Å². The van der Waals surface area contributed by atoms with E-state index in [1.165, 1.54) is 0 Å². The molecule has 178 valence electrons. The molecule has 15 heteroatoms. The summed E-state index contributed by atoms with van der Waals surface area (Å²) in [7, 11) is -0.353. The lowest BCUT2D eigenvalue weighted by molar-refractivity contribution is -0.361. The second kappa shape index (κ2) is 10.6. The number of alkyl halides is 6. The van der Waals surface area contributed by atoms with Gasteiger partial charge in [0.2, 0.25) is 0 Å². The van der Waals surface area contributed by atoms with Crippen LogP contribution < -0.4 is 5.46 Å². The summed E-state index contributed by atoms with van der Waals surface area (Å²) in [4.78, 5) is 23.2. The molecule has 0 bridgehead atoms. The van der Waals surface area contributed by atoms with Gasteiger partial charge < -0.3 is 9.47 Å². The van der Waals surface area contributed by atoms with Crippen LogP contribution in [-0.4, -0.2) is 63.1 Å². The van der Waals surface area contributed by atoms with Gasteiger partial charge >= 0.3 is 29.9 Å². The number of rotatable bonds is 10. The highest BCUT2D eigenvalue weighted by molar-refractivity contribution is 7.85. The van der Waals surface area contributed by atoms with Gasteiger partial charge in [0.25, 0.3) is 10.1 Å². The summed E-state index contributed by atoms with van der Waals surface area (Å²) in [5.41, 5.74) is -4.16. The van der Waals surface area contributed by atoms with Gasteiger partial charge in [0.1, 0.15) is 13.6 Å². The monoisotopic (exact) mass is 490 g/mol. The van der Waals surface area contributed by atoms with Crippen molar-refractivity contribution in [2.45, 2.75) is 43.6 Å². The maximum absolute atomic E-state index is 13.1. The van der Waals surface area contributed by atoms with Gasteiger partial charge in [-0.05, 0) is 12.0 Å². The molecule has 0 fully saturated rings. The largest absolute Gasteiger partial charge is 0.465 e. The topological polar surface area (TPSA) is 107 Å². The third-order valence-corrected chi connectivity index (χ3v) is 4.76. The minimum absolute atomic E-state index is 0.0766. The molecule has 0 saturated heterocycles.